The topological polar surface area (TPSA) is 183 Å². The second kappa shape index (κ2) is 17.9. The number of unbranched alkanes of at least 4 members (excludes halogenated alkanes) is 1. The van der Waals surface area contributed by atoms with Crippen molar-refractivity contribution in [2.75, 3.05) is 33.9 Å². The maximum absolute atomic E-state index is 13.5. The molecule has 4 amide bonds. The average Bonchev–Trinajstić information content (AvgIpc) is 3.92. The van der Waals surface area contributed by atoms with E-state index >= 15 is 0 Å². The summed E-state index contributed by atoms with van der Waals surface area (Å²) in [5, 5.41) is 7.83. The van der Waals surface area contributed by atoms with Gasteiger partial charge in [0.15, 0.2) is 0 Å². The molecule has 1 aliphatic rings. The Morgan fingerprint density at radius 1 is 0.962 bits per heavy atom. The summed E-state index contributed by atoms with van der Waals surface area (Å²) in [6.45, 7) is 5.01. The number of carbonyl (C=O) groups excluding carboxylic acids is 4. The smallest absolute Gasteiger partial charge is 0.407 e. The first-order chi connectivity index (χ1) is 25.1. The van der Waals surface area contributed by atoms with Crippen LogP contribution in [0, 0.1) is 17.8 Å². The van der Waals surface area contributed by atoms with E-state index < -0.39 is 18.2 Å². The Kier molecular flexibility index (Phi) is 12.9. The lowest BCUT2D eigenvalue weighted by Gasteiger charge is -2.29. The fourth-order valence-electron chi connectivity index (χ4n) is 6.13. The number of H-pyrrole nitrogens is 2. The van der Waals surface area contributed by atoms with Gasteiger partial charge in [0, 0.05) is 30.6 Å². The van der Waals surface area contributed by atoms with E-state index in [4.69, 9.17) is 4.74 Å². The van der Waals surface area contributed by atoms with E-state index in [-0.39, 0.29) is 30.3 Å². The van der Waals surface area contributed by atoms with Gasteiger partial charge in [-0.05, 0) is 73.9 Å². The van der Waals surface area contributed by atoms with Crippen molar-refractivity contribution in [3.8, 4) is 23.1 Å². The normalized spacial score (nSPS) is 14.4. The summed E-state index contributed by atoms with van der Waals surface area (Å²) < 4.78 is 9.21. The lowest BCUT2D eigenvalue weighted by molar-refractivity contribution is -0.134. The number of nitrogens with zero attached hydrogens (tertiary/aromatic N) is 3. The molecule has 2 atom stereocenters. The molecule has 1 aliphatic heterocycles. The number of benzene rings is 2. The van der Waals surface area contributed by atoms with Crippen molar-refractivity contribution in [1.82, 2.24) is 40.8 Å². The molecule has 3 heterocycles. The lowest BCUT2D eigenvalue weighted by atomic mass is 10.0. The molecule has 2 aromatic carbocycles. The highest BCUT2D eigenvalue weighted by atomic mass is 16.5. The molecule has 2 unspecified atom stereocenters. The standard InChI is InChI=1S/C38H46N8O6/c1-24(2)20-30(45-38(50)52-4)36(48)46-19-7-8-32(46)35-40-22-31(44-35)27-15-12-25(13-16-27)10-11-26-14-17-28-29(21-26)43-33(42-28)9-5-6-18-39-34(47)23-41-37(49)51-3/h12-17,21-22,24,30,32H,5-9,18-20,23H2,1-4H3,(H,39,47)(H,40,44)(H,41,49)(H,42,43)(H,45,50). The number of likely N-dealkylation sites (tertiary alicyclic amines) is 1. The molecule has 2 aromatic heterocycles. The molecule has 1 fully saturated rings. The molecule has 0 aliphatic carbocycles. The summed E-state index contributed by atoms with van der Waals surface area (Å²) in [5.74, 6) is 7.89. The van der Waals surface area contributed by atoms with Crippen molar-refractivity contribution in [3.63, 3.8) is 0 Å². The van der Waals surface area contributed by atoms with Gasteiger partial charge in [0.1, 0.15) is 17.7 Å². The third kappa shape index (κ3) is 10.1. The number of aromatic amines is 2. The first-order valence-electron chi connectivity index (χ1n) is 17.5. The third-order valence-corrected chi connectivity index (χ3v) is 8.75. The quantitative estimate of drug-likeness (QED) is 0.0987. The van der Waals surface area contributed by atoms with Crippen LogP contribution in [-0.2, 0) is 25.5 Å². The van der Waals surface area contributed by atoms with Crippen LogP contribution < -0.4 is 16.0 Å². The molecule has 1 saturated heterocycles. The number of imidazole rings is 2. The van der Waals surface area contributed by atoms with Crippen LogP contribution in [0.3, 0.4) is 0 Å². The number of hydrogen-bond acceptors (Lipinski definition) is 8. The van der Waals surface area contributed by atoms with Gasteiger partial charge in [-0.15, -0.1) is 0 Å². The minimum Gasteiger partial charge on any atom is -0.453 e. The Balaban J connectivity index is 1.15. The van der Waals surface area contributed by atoms with Gasteiger partial charge in [-0.25, -0.2) is 19.6 Å². The molecule has 5 N–H and O–H groups in total. The van der Waals surface area contributed by atoms with Crippen LogP contribution in [0.25, 0.3) is 22.3 Å². The SMILES string of the molecule is COC(=O)NCC(=O)NCCCCc1nc2ccc(C#Cc3ccc(-c4cnc(C5CCCN5C(=O)C(CC(C)C)NC(=O)OC)[nH]4)cc3)cc2[nH]1. The Bertz CT molecular complexity index is 1920. The molecule has 0 saturated carbocycles. The molecular formula is C38H46N8O6. The number of amides is 4. The van der Waals surface area contributed by atoms with Gasteiger partial charge in [-0.3, -0.25) is 9.59 Å². The minimum atomic E-state index is -0.662. The fourth-order valence-corrected chi connectivity index (χ4v) is 6.13. The summed E-state index contributed by atoms with van der Waals surface area (Å²) >= 11 is 0. The van der Waals surface area contributed by atoms with Crippen LogP contribution in [0.1, 0.15) is 74.8 Å². The highest BCUT2D eigenvalue weighted by Gasteiger charge is 2.36. The van der Waals surface area contributed by atoms with Gasteiger partial charge in [-0.1, -0.05) is 37.8 Å². The number of hydrogen-bond donors (Lipinski definition) is 5. The van der Waals surface area contributed by atoms with Gasteiger partial charge < -0.3 is 40.3 Å². The summed E-state index contributed by atoms with van der Waals surface area (Å²) in [4.78, 5) is 66.2. The molecule has 5 rings (SSSR count). The number of carbonyl (C=O) groups is 4. The van der Waals surface area contributed by atoms with Gasteiger partial charge in [0.25, 0.3) is 0 Å². The Labute approximate surface area is 302 Å². The predicted molar refractivity (Wildman–Crippen MR) is 195 cm³/mol. The molecule has 52 heavy (non-hydrogen) atoms. The predicted octanol–water partition coefficient (Wildman–Crippen LogP) is 4.58. The van der Waals surface area contributed by atoms with Crippen LogP contribution in [0.2, 0.25) is 0 Å². The first kappa shape index (κ1) is 37.4. The second-order valence-corrected chi connectivity index (χ2v) is 13.1. The number of rotatable bonds is 13. The van der Waals surface area contributed by atoms with Gasteiger partial charge in [-0.2, -0.15) is 0 Å². The molecular weight excluding hydrogens is 664 g/mol. The van der Waals surface area contributed by atoms with E-state index in [9.17, 15) is 19.2 Å². The van der Waals surface area contributed by atoms with Gasteiger partial charge in [0.05, 0.1) is 49.7 Å². The van der Waals surface area contributed by atoms with Crippen molar-refractivity contribution in [2.45, 2.75) is 64.5 Å². The Hall–Kier alpha value is -5.84. The van der Waals surface area contributed by atoms with Crippen LogP contribution in [0.15, 0.2) is 48.7 Å². The molecule has 0 bridgehead atoms. The number of aromatic nitrogens is 4. The van der Waals surface area contributed by atoms with Crippen molar-refractivity contribution in [2.24, 2.45) is 5.92 Å². The summed E-state index contributed by atoms with van der Waals surface area (Å²) in [6.07, 6.45) is 5.02. The van der Waals surface area contributed by atoms with Crippen molar-refractivity contribution in [3.05, 3.63) is 71.4 Å². The molecule has 14 heteroatoms. The van der Waals surface area contributed by atoms with Crippen molar-refractivity contribution >= 4 is 35.0 Å². The number of fused-ring (bicyclic) bond motifs is 1. The number of ether oxygens (including phenoxy) is 2. The largest absolute Gasteiger partial charge is 0.453 e. The highest BCUT2D eigenvalue weighted by molar-refractivity contribution is 5.86. The Morgan fingerprint density at radius 3 is 2.46 bits per heavy atom. The van der Waals surface area contributed by atoms with E-state index in [1.54, 1.807) is 6.20 Å². The zero-order valence-corrected chi connectivity index (χ0v) is 30.0. The number of methoxy groups -OCH3 is 2. The van der Waals surface area contributed by atoms with E-state index in [0.29, 0.717) is 19.5 Å². The van der Waals surface area contributed by atoms with Gasteiger partial charge in [0.2, 0.25) is 11.8 Å². The zero-order valence-electron chi connectivity index (χ0n) is 30.0. The summed E-state index contributed by atoms with van der Waals surface area (Å²) in [6, 6.07) is 12.9. The average molecular weight is 711 g/mol. The highest BCUT2D eigenvalue weighted by Crippen LogP contribution is 2.32. The summed E-state index contributed by atoms with van der Waals surface area (Å²) in [7, 11) is 2.54. The first-order valence-corrected chi connectivity index (χ1v) is 17.5. The van der Waals surface area contributed by atoms with Crippen LogP contribution >= 0.6 is 0 Å². The minimum absolute atomic E-state index is 0.121. The maximum atomic E-state index is 13.5. The number of nitrogens with one attached hydrogen (secondary N) is 5. The van der Waals surface area contributed by atoms with E-state index in [2.05, 4.69) is 52.5 Å². The molecule has 4 aromatic rings. The molecule has 274 valence electrons. The van der Waals surface area contributed by atoms with Crippen LogP contribution in [-0.4, -0.2) is 88.7 Å². The van der Waals surface area contributed by atoms with Crippen molar-refractivity contribution in [1.29, 1.82) is 0 Å². The molecule has 0 radical (unpaired) electrons. The zero-order chi connectivity index (χ0) is 37.0. The van der Waals surface area contributed by atoms with E-state index in [1.807, 2.05) is 61.2 Å². The number of alkyl carbamates (subject to hydrolysis) is 2. The molecule has 14 nitrogen and oxygen atoms in total. The third-order valence-electron chi connectivity index (χ3n) is 8.75. The Morgan fingerprint density at radius 2 is 1.71 bits per heavy atom. The van der Waals surface area contributed by atoms with E-state index in [1.165, 1.54) is 14.2 Å². The lowest BCUT2D eigenvalue weighted by Crippen LogP contribution is -2.49. The molecule has 0 spiro atoms. The second-order valence-electron chi connectivity index (χ2n) is 13.1. The number of aryl methyl sites for hydroxylation is 1. The van der Waals surface area contributed by atoms with Crippen molar-refractivity contribution < 1.29 is 28.7 Å². The van der Waals surface area contributed by atoms with Crippen LogP contribution in [0.5, 0.6) is 0 Å². The van der Waals surface area contributed by atoms with E-state index in [0.717, 1.165) is 77.2 Å². The maximum Gasteiger partial charge on any atom is 0.407 e. The fraction of sp³-hybridized carbons (Fsp3) is 0.421. The van der Waals surface area contributed by atoms with Gasteiger partial charge >= 0.3 is 12.2 Å². The van der Waals surface area contributed by atoms with Crippen LogP contribution in [0.4, 0.5) is 9.59 Å². The monoisotopic (exact) mass is 710 g/mol. The summed E-state index contributed by atoms with van der Waals surface area (Å²) in [5.41, 5.74) is 5.30.